The molecule has 2 amide bonds. The number of hydrogen-bond donors (Lipinski definition) is 0. The second kappa shape index (κ2) is 10.3. The molecule has 0 bridgehead atoms. The molecule has 0 aliphatic carbocycles. The van der Waals surface area contributed by atoms with Gasteiger partial charge in [0.25, 0.3) is 0 Å². The Bertz CT molecular complexity index is 861. The fourth-order valence-electron chi connectivity index (χ4n) is 3.55. The molecule has 1 aromatic carbocycles. The lowest BCUT2D eigenvalue weighted by atomic mass is 10.3. The summed E-state index contributed by atoms with van der Waals surface area (Å²) in [5, 5.41) is 12.1. The van der Waals surface area contributed by atoms with Gasteiger partial charge in [0.05, 0.1) is 19.8 Å². The molecule has 0 unspecified atom stereocenters. The van der Waals surface area contributed by atoms with E-state index in [9.17, 15) is 9.59 Å². The van der Waals surface area contributed by atoms with Crippen LogP contribution in [0.15, 0.2) is 30.3 Å². The van der Waals surface area contributed by atoms with Gasteiger partial charge in [-0.25, -0.2) is 0 Å². The van der Waals surface area contributed by atoms with Crippen LogP contribution in [-0.4, -0.2) is 106 Å². The first-order valence-corrected chi connectivity index (χ1v) is 10.5. The lowest BCUT2D eigenvalue weighted by Gasteiger charge is -2.35. The minimum absolute atomic E-state index is 0.0328. The van der Waals surface area contributed by atoms with Crippen molar-refractivity contribution in [3.8, 4) is 5.75 Å². The second-order valence-electron chi connectivity index (χ2n) is 7.49. The maximum absolute atomic E-state index is 12.6. The number of rotatable bonds is 7. The van der Waals surface area contributed by atoms with Crippen molar-refractivity contribution in [2.24, 2.45) is 0 Å². The zero-order valence-electron chi connectivity index (χ0n) is 17.4. The van der Waals surface area contributed by atoms with Gasteiger partial charge in [0.1, 0.15) is 12.3 Å². The van der Waals surface area contributed by atoms with Gasteiger partial charge >= 0.3 is 0 Å². The average Bonchev–Trinajstić information content (AvgIpc) is 3.26. The average molecular weight is 429 g/mol. The Kier molecular flexibility index (Phi) is 7.05. The van der Waals surface area contributed by atoms with Gasteiger partial charge in [-0.3, -0.25) is 14.5 Å². The van der Waals surface area contributed by atoms with Crippen molar-refractivity contribution < 1.29 is 19.1 Å². The van der Waals surface area contributed by atoms with E-state index in [4.69, 9.17) is 9.47 Å². The fourth-order valence-corrected chi connectivity index (χ4v) is 3.55. The number of nitrogens with zero attached hydrogens (tertiary/aromatic N) is 7. The Balaban J connectivity index is 1.19. The van der Waals surface area contributed by atoms with Gasteiger partial charge in [-0.2, -0.15) is 4.80 Å². The van der Waals surface area contributed by atoms with Gasteiger partial charge in [-0.1, -0.05) is 18.2 Å². The summed E-state index contributed by atoms with van der Waals surface area (Å²) < 4.78 is 10.9. The van der Waals surface area contributed by atoms with Crippen molar-refractivity contribution in [3.63, 3.8) is 0 Å². The van der Waals surface area contributed by atoms with E-state index in [0.29, 0.717) is 64.9 Å². The summed E-state index contributed by atoms with van der Waals surface area (Å²) in [7, 11) is 0. The molecule has 0 saturated carbocycles. The first-order valence-electron chi connectivity index (χ1n) is 10.5. The molecule has 3 heterocycles. The molecule has 2 aromatic rings. The number of hydrogen-bond acceptors (Lipinski definition) is 8. The number of aromatic nitrogens is 4. The van der Waals surface area contributed by atoms with Crippen LogP contribution >= 0.6 is 0 Å². The maximum atomic E-state index is 12.6. The molecule has 11 heteroatoms. The van der Waals surface area contributed by atoms with Gasteiger partial charge in [-0.15, -0.1) is 10.2 Å². The molecule has 4 rings (SSSR count). The van der Waals surface area contributed by atoms with Crippen molar-refractivity contribution in [2.75, 3.05) is 59.0 Å². The van der Waals surface area contributed by atoms with Gasteiger partial charge in [-0.05, 0) is 17.3 Å². The third-order valence-electron chi connectivity index (χ3n) is 5.33. The van der Waals surface area contributed by atoms with Crippen LogP contribution in [0.4, 0.5) is 0 Å². The molecule has 166 valence electrons. The first kappa shape index (κ1) is 21.2. The third-order valence-corrected chi connectivity index (χ3v) is 5.33. The molecule has 0 atom stereocenters. The maximum Gasteiger partial charge on any atom is 0.246 e. The Morgan fingerprint density at radius 1 is 0.903 bits per heavy atom. The van der Waals surface area contributed by atoms with Crippen LogP contribution in [0, 0.1) is 0 Å². The topological polar surface area (TPSA) is 106 Å². The highest BCUT2D eigenvalue weighted by molar-refractivity contribution is 5.78. The van der Waals surface area contributed by atoms with Gasteiger partial charge < -0.3 is 19.3 Å². The SMILES string of the molecule is O=C(CN1CCN(C(=O)Cn2nnc(COc3ccccc3)n2)CC1)N1CCOCC1. The van der Waals surface area contributed by atoms with Crippen molar-refractivity contribution >= 4 is 11.8 Å². The lowest BCUT2D eigenvalue weighted by molar-refractivity contribution is -0.138. The third kappa shape index (κ3) is 5.98. The van der Waals surface area contributed by atoms with Gasteiger partial charge in [0.2, 0.25) is 17.6 Å². The zero-order chi connectivity index (χ0) is 21.5. The highest BCUT2D eigenvalue weighted by atomic mass is 16.5. The van der Waals surface area contributed by atoms with Crippen LogP contribution in [-0.2, 0) is 27.5 Å². The molecule has 11 nitrogen and oxygen atoms in total. The predicted octanol–water partition coefficient (Wildman–Crippen LogP) is -0.745. The van der Waals surface area contributed by atoms with Crippen molar-refractivity contribution in [1.82, 2.24) is 34.9 Å². The number of carbonyl (C=O) groups is 2. The molecule has 2 aliphatic heterocycles. The van der Waals surface area contributed by atoms with Gasteiger partial charge in [0.15, 0.2) is 6.61 Å². The minimum atomic E-state index is -0.0629. The molecule has 2 aliphatic rings. The van der Waals surface area contributed by atoms with Crippen molar-refractivity contribution in [2.45, 2.75) is 13.2 Å². The fraction of sp³-hybridized carbons (Fsp3) is 0.550. The predicted molar refractivity (Wildman–Crippen MR) is 109 cm³/mol. The summed E-state index contributed by atoms with van der Waals surface area (Å²) in [4.78, 5) is 32.0. The molecular weight excluding hydrogens is 402 g/mol. The smallest absolute Gasteiger partial charge is 0.246 e. The molecule has 2 saturated heterocycles. The number of benzene rings is 1. The molecule has 0 N–H and O–H groups in total. The molecule has 0 radical (unpaired) electrons. The highest BCUT2D eigenvalue weighted by Crippen LogP contribution is 2.10. The number of tetrazole rings is 1. The summed E-state index contributed by atoms with van der Waals surface area (Å²) in [6.45, 7) is 5.61. The van der Waals surface area contributed by atoms with Crippen LogP contribution < -0.4 is 4.74 Å². The molecule has 0 spiro atoms. The largest absolute Gasteiger partial charge is 0.485 e. The number of amides is 2. The Morgan fingerprint density at radius 3 is 2.32 bits per heavy atom. The molecule has 2 fully saturated rings. The molecule has 1 aromatic heterocycles. The summed E-state index contributed by atoms with van der Waals surface area (Å²) >= 11 is 0. The van der Waals surface area contributed by atoms with Crippen LogP contribution in [0.3, 0.4) is 0 Å². The van der Waals surface area contributed by atoms with E-state index in [1.165, 1.54) is 4.80 Å². The molecule has 31 heavy (non-hydrogen) atoms. The lowest BCUT2D eigenvalue weighted by Crippen LogP contribution is -2.53. The number of morpholine rings is 1. The Morgan fingerprint density at radius 2 is 1.58 bits per heavy atom. The normalized spacial score (nSPS) is 17.5. The number of ether oxygens (including phenoxy) is 2. The van der Waals surface area contributed by atoms with Gasteiger partial charge in [0, 0.05) is 39.3 Å². The standard InChI is InChI=1S/C20H27N7O4/c28-19(26-10-12-30-13-11-26)14-24-6-8-25(9-7-24)20(29)15-27-22-18(21-23-27)16-31-17-4-2-1-3-5-17/h1-5H,6-16H2. The van der Waals surface area contributed by atoms with Crippen LogP contribution in [0.25, 0.3) is 0 Å². The molecular formula is C20H27N7O4. The number of para-hydroxylation sites is 1. The second-order valence-corrected chi connectivity index (χ2v) is 7.49. The highest BCUT2D eigenvalue weighted by Gasteiger charge is 2.25. The summed E-state index contributed by atoms with van der Waals surface area (Å²) in [5.41, 5.74) is 0. The quantitative estimate of drug-likeness (QED) is 0.566. The van der Waals surface area contributed by atoms with E-state index in [1.54, 1.807) is 4.90 Å². The Labute approximate surface area is 180 Å². The summed E-state index contributed by atoms with van der Waals surface area (Å²) in [5.74, 6) is 1.20. The van der Waals surface area contributed by atoms with E-state index in [-0.39, 0.29) is 25.0 Å². The van der Waals surface area contributed by atoms with E-state index < -0.39 is 0 Å². The van der Waals surface area contributed by atoms with E-state index in [0.717, 1.165) is 5.75 Å². The number of carbonyl (C=O) groups excluding carboxylic acids is 2. The van der Waals surface area contributed by atoms with Crippen molar-refractivity contribution in [3.05, 3.63) is 36.2 Å². The number of piperazine rings is 1. The first-order chi connectivity index (χ1) is 15.2. The monoisotopic (exact) mass is 429 g/mol. The van der Waals surface area contributed by atoms with Crippen LogP contribution in [0.2, 0.25) is 0 Å². The zero-order valence-corrected chi connectivity index (χ0v) is 17.4. The van der Waals surface area contributed by atoms with Crippen LogP contribution in [0.1, 0.15) is 5.82 Å². The van der Waals surface area contributed by atoms with E-state index >= 15 is 0 Å². The summed E-state index contributed by atoms with van der Waals surface area (Å²) in [6, 6.07) is 9.38. The van der Waals surface area contributed by atoms with E-state index in [2.05, 4.69) is 20.3 Å². The van der Waals surface area contributed by atoms with E-state index in [1.807, 2.05) is 35.2 Å². The summed E-state index contributed by atoms with van der Waals surface area (Å²) in [6.07, 6.45) is 0. The Hall–Kier alpha value is -3.05. The van der Waals surface area contributed by atoms with Crippen LogP contribution in [0.5, 0.6) is 5.75 Å². The minimum Gasteiger partial charge on any atom is -0.485 e. The van der Waals surface area contributed by atoms with Crippen molar-refractivity contribution in [1.29, 1.82) is 0 Å².